The number of nitrogens with one attached hydrogen (secondary N) is 1. The van der Waals surface area contributed by atoms with E-state index in [1.165, 1.54) is 16.8 Å². The first kappa shape index (κ1) is 19.8. The quantitative estimate of drug-likeness (QED) is 0.728. The van der Waals surface area contributed by atoms with Crippen molar-refractivity contribution in [1.82, 2.24) is 4.31 Å². The van der Waals surface area contributed by atoms with Gasteiger partial charge in [-0.3, -0.25) is 4.79 Å². The fraction of sp³-hybridized carbons (Fsp3) is 0.350. The molecule has 1 aliphatic carbocycles. The van der Waals surface area contributed by atoms with Crippen molar-refractivity contribution >= 4 is 39.0 Å². The molecule has 1 aromatic heterocycles. The summed E-state index contributed by atoms with van der Waals surface area (Å²) >= 11 is 1.55. The standard InChI is InChI=1S/C20H24N2O3S2/c1-22(17-6-3-2-4-7-17)27(24,25)19-12-9-16(10-13-19)21-20(23)14-11-18-8-5-15-26-18/h5,8-15,17H,2-4,6-7H2,1H3,(H,21,23). The molecule has 5 nitrogen and oxygen atoms in total. The molecule has 7 heteroatoms. The molecule has 1 aliphatic rings. The van der Waals surface area contributed by atoms with E-state index in [1.807, 2.05) is 17.5 Å². The summed E-state index contributed by atoms with van der Waals surface area (Å²) in [5.41, 5.74) is 0.565. The molecule has 0 aliphatic heterocycles. The second kappa shape index (κ2) is 8.82. The van der Waals surface area contributed by atoms with Crippen LogP contribution in [0.1, 0.15) is 37.0 Å². The fourth-order valence-electron chi connectivity index (χ4n) is 3.25. The average Bonchev–Trinajstić information content (AvgIpc) is 3.20. The van der Waals surface area contributed by atoms with Gasteiger partial charge >= 0.3 is 0 Å². The van der Waals surface area contributed by atoms with Crippen molar-refractivity contribution in [3.05, 3.63) is 52.7 Å². The summed E-state index contributed by atoms with van der Waals surface area (Å²) in [5.74, 6) is -0.252. The zero-order valence-corrected chi connectivity index (χ0v) is 16.9. The van der Waals surface area contributed by atoms with Crippen LogP contribution in [0, 0.1) is 0 Å². The van der Waals surface area contributed by atoms with Crippen molar-refractivity contribution in [1.29, 1.82) is 0 Å². The maximum Gasteiger partial charge on any atom is 0.248 e. The lowest BCUT2D eigenvalue weighted by Gasteiger charge is -2.30. The van der Waals surface area contributed by atoms with Crippen molar-refractivity contribution in [3.63, 3.8) is 0 Å². The first-order chi connectivity index (χ1) is 13.0. The van der Waals surface area contributed by atoms with E-state index in [-0.39, 0.29) is 16.8 Å². The maximum absolute atomic E-state index is 12.8. The molecule has 1 amide bonds. The number of thiophene rings is 1. The third-order valence-electron chi connectivity index (χ3n) is 4.83. The second-order valence-corrected chi connectivity index (χ2v) is 9.65. The molecule has 0 atom stereocenters. The topological polar surface area (TPSA) is 66.5 Å². The van der Waals surface area contributed by atoms with Crippen LogP contribution in [0.3, 0.4) is 0 Å². The number of benzene rings is 1. The van der Waals surface area contributed by atoms with Crippen LogP contribution in [0.4, 0.5) is 5.69 Å². The highest BCUT2D eigenvalue weighted by atomic mass is 32.2. The number of rotatable bonds is 6. The van der Waals surface area contributed by atoms with E-state index in [0.29, 0.717) is 5.69 Å². The second-order valence-electron chi connectivity index (χ2n) is 6.68. The van der Waals surface area contributed by atoms with Gasteiger partial charge in [-0.05, 0) is 54.6 Å². The number of anilines is 1. The van der Waals surface area contributed by atoms with Gasteiger partial charge in [-0.15, -0.1) is 11.3 Å². The van der Waals surface area contributed by atoms with Gasteiger partial charge in [-0.25, -0.2) is 8.42 Å². The van der Waals surface area contributed by atoms with Crippen LogP contribution < -0.4 is 5.32 Å². The van der Waals surface area contributed by atoms with Crippen LogP contribution in [0.2, 0.25) is 0 Å². The summed E-state index contributed by atoms with van der Waals surface area (Å²) in [5, 5.41) is 4.69. The first-order valence-electron chi connectivity index (χ1n) is 9.07. The minimum absolute atomic E-state index is 0.0746. The van der Waals surface area contributed by atoms with Crippen molar-refractivity contribution in [2.45, 2.75) is 43.0 Å². The van der Waals surface area contributed by atoms with Gasteiger partial charge in [0.05, 0.1) is 4.90 Å². The Kier molecular flexibility index (Phi) is 6.46. The molecule has 3 rings (SSSR count). The Labute approximate surface area is 164 Å². The van der Waals surface area contributed by atoms with Gasteiger partial charge in [0.15, 0.2) is 0 Å². The van der Waals surface area contributed by atoms with Crippen molar-refractivity contribution < 1.29 is 13.2 Å². The maximum atomic E-state index is 12.8. The summed E-state index contributed by atoms with van der Waals surface area (Å²) in [6.07, 6.45) is 8.38. The predicted molar refractivity (Wildman–Crippen MR) is 110 cm³/mol. The molecule has 144 valence electrons. The van der Waals surface area contributed by atoms with E-state index in [9.17, 15) is 13.2 Å². The Bertz CT molecular complexity index is 882. The SMILES string of the molecule is CN(C1CCCCC1)S(=O)(=O)c1ccc(NC(=O)C=Cc2cccs2)cc1. The number of amides is 1. The van der Waals surface area contributed by atoms with Gasteiger partial charge < -0.3 is 5.32 Å². The van der Waals surface area contributed by atoms with E-state index in [4.69, 9.17) is 0 Å². The van der Waals surface area contributed by atoms with Crippen molar-refractivity contribution in [2.24, 2.45) is 0 Å². The normalized spacial score (nSPS) is 16.1. The Morgan fingerprint density at radius 3 is 2.48 bits per heavy atom. The minimum Gasteiger partial charge on any atom is -0.323 e. The monoisotopic (exact) mass is 404 g/mol. The smallest absolute Gasteiger partial charge is 0.248 e. The van der Waals surface area contributed by atoms with Crippen LogP contribution >= 0.6 is 11.3 Å². The summed E-state index contributed by atoms with van der Waals surface area (Å²) in [6, 6.07) is 10.3. The zero-order valence-electron chi connectivity index (χ0n) is 15.3. The Morgan fingerprint density at radius 2 is 1.85 bits per heavy atom. The Balaban J connectivity index is 1.64. The highest BCUT2D eigenvalue weighted by Crippen LogP contribution is 2.27. The van der Waals surface area contributed by atoms with Gasteiger partial charge in [-0.2, -0.15) is 4.31 Å². The number of carbonyl (C=O) groups excluding carboxylic acids is 1. The minimum atomic E-state index is -3.52. The van der Waals surface area contributed by atoms with Crippen LogP contribution in [-0.2, 0) is 14.8 Å². The van der Waals surface area contributed by atoms with Gasteiger partial charge in [0.1, 0.15) is 0 Å². The molecule has 0 bridgehead atoms. The highest BCUT2D eigenvalue weighted by molar-refractivity contribution is 7.89. The molecular formula is C20H24N2O3S2. The lowest BCUT2D eigenvalue weighted by Crippen LogP contribution is -2.38. The Morgan fingerprint density at radius 1 is 1.15 bits per heavy atom. The van der Waals surface area contributed by atoms with E-state index >= 15 is 0 Å². The largest absolute Gasteiger partial charge is 0.323 e. The van der Waals surface area contributed by atoms with Crippen LogP contribution in [0.5, 0.6) is 0 Å². The number of carbonyl (C=O) groups is 1. The van der Waals surface area contributed by atoms with Gasteiger partial charge in [0.25, 0.3) is 0 Å². The van der Waals surface area contributed by atoms with Gasteiger partial charge in [-0.1, -0.05) is 25.3 Å². The molecule has 0 unspecified atom stereocenters. The molecule has 1 aromatic carbocycles. The zero-order chi connectivity index (χ0) is 19.3. The van der Waals surface area contributed by atoms with Crippen LogP contribution in [-0.4, -0.2) is 31.7 Å². The molecule has 2 aromatic rings. The van der Waals surface area contributed by atoms with E-state index in [0.717, 1.165) is 30.6 Å². The summed E-state index contributed by atoms with van der Waals surface area (Å²) in [7, 11) is -1.85. The number of hydrogen-bond donors (Lipinski definition) is 1. The summed E-state index contributed by atoms with van der Waals surface area (Å²) in [6.45, 7) is 0. The Hall–Kier alpha value is -1.96. The number of sulfonamides is 1. The average molecular weight is 405 g/mol. The molecule has 0 spiro atoms. The highest BCUT2D eigenvalue weighted by Gasteiger charge is 2.28. The summed E-state index contributed by atoms with van der Waals surface area (Å²) < 4.78 is 27.2. The molecular weight excluding hydrogens is 380 g/mol. The molecule has 1 N–H and O–H groups in total. The van der Waals surface area contributed by atoms with E-state index in [1.54, 1.807) is 48.7 Å². The first-order valence-corrected chi connectivity index (χ1v) is 11.4. The fourth-order valence-corrected chi connectivity index (χ4v) is 5.28. The van der Waals surface area contributed by atoms with Crippen LogP contribution in [0.15, 0.2) is 52.7 Å². The molecule has 1 fully saturated rings. The molecule has 0 saturated heterocycles. The third kappa shape index (κ3) is 5.06. The van der Waals surface area contributed by atoms with Crippen molar-refractivity contribution in [2.75, 3.05) is 12.4 Å². The van der Waals surface area contributed by atoms with E-state index in [2.05, 4.69) is 5.32 Å². The molecule has 27 heavy (non-hydrogen) atoms. The molecule has 0 radical (unpaired) electrons. The third-order valence-corrected chi connectivity index (χ3v) is 7.59. The lowest BCUT2D eigenvalue weighted by molar-refractivity contribution is -0.111. The number of nitrogens with zero attached hydrogens (tertiary/aromatic N) is 1. The van der Waals surface area contributed by atoms with Crippen molar-refractivity contribution in [3.8, 4) is 0 Å². The van der Waals surface area contributed by atoms with E-state index < -0.39 is 10.0 Å². The van der Waals surface area contributed by atoms with Gasteiger partial charge in [0, 0.05) is 29.7 Å². The number of hydrogen-bond acceptors (Lipinski definition) is 4. The molecule has 1 saturated carbocycles. The predicted octanol–water partition coefficient (Wildman–Crippen LogP) is 4.35. The van der Waals surface area contributed by atoms with Gasteiger partial charge in [0.2, 0.25) is 15.9 Å². The lowest BCUT2D eigenvalue weighted by atomic mass is 9.96. The molecule has 1 heterocycles. The van der Waals surface area contributed by atoms with Crippen LogP contribution in [0.25, 0.3) is 6.08 Å². The summed E-state index contributed by atoms with van der Waals surface area (Å²) in [4.78, 5) is 13.2.